The van der Waals surface area contributed by atoms with Gasteiger partial charge in [-0.3, -0.25) is 18.8 Å². The van der Waals surface area contributed by atoms with E-state index in [2.05, 4.69) is 28.3 Å². The van der Waals surface area contributed by atoms with Gasteiger partial charge < -0.3 is 0 Å². The van der Waals surface area contributed by atoms with Gasteiger partial charge in [0.1, 0.15) is 18.3 Å². The molecule has 8 heteroatoms. The van der Waals surface area contributed by atoms with E-state index in [1.54, 1.807) is 16.7 Å². The highest BCUT2D eigenvalue weighted by atomic mass is 16.2. The minimum absolute atomic E-state index is 0.107. The summed E-state index contributed by atoms with van der Waals surface area (Å²) in [6, 6.07) is 20.1. The number of nitrogens with zero attached hydrogens (tertiary/aromatic N) is 6. The number of benzene rings is 2. The molecule has 0 saturated heterocycles. The molecule has 2 aromatic heterocycles. The molecular formula is C28H26N6O2. The predicted molar refractivity (Wildman–Crippen MR) is 138 cm³/mol. The van der Waals surface area contributed by atoms with Crippen LogP contribution in [0.4, 0.5) is 0 Å². The van der Waals surface area contributed by atoms with E-state index in [1.807, 2.05) is 48.5 Å². The molecule has 0 N–H and O–H groups in total. The predicted octanol–water partition coefficient (Wildman–Crippen LogP) is 3.95. The van der Waals surface area contributed by atoms with Crippen LogP contribution in [0.2, 0.25) is 0 Å². The lowest BCUT2D eigenvalue weighted by atomic mass is 9.77. The fraction of sp³-hybridized carbons (Fsp3) is 0.250. The zero-order valence-electron chi connectivity index (χ0n) is 20.0. The monoisotopic (exact) mass is 478 g/mol. The van der Waals surface area contributed by atoms with Crippen molar-refractivity contribution < 1.29 is 4.79 Å². The summed E-state index contributed by atoms with van der Waals surface area (Å²) in [7, 11) is 1.73. The van der Waals surface area contributed by atoms with Crippen molar-refractivity contribution in [3.63, 3.8) is 0 Å². The molecule has 1 amide bonds. The van der Waals surface area contributed by atoms with E-state index >= 15 is 0 Å². The lowest BCUT2D eigenvalue weighted by Gasteiger charge is -2.29. The standard InChI is InChI=1S/C28H26N6O2/c1-32-27-23(16-30-32)28(36)33(18-29-27)17-24(35)34-26(20-11-6-3-7-12-20)22-14-8-13-21(25(22)31-34)15-19-9-4-2-5-10-19/h2-7,9-12,15-16,18,22,26H,8,13-14,17H2,1H3/b21-15+. The number of carbonyl (C=O) groups is 1. The molecular weight excluding hydrogens is 452 g/mol. The lowest BCUT2D eigenvalue weighted by molar-refractivity contribution is -0.134. The van der Waals surface area contributed by atoms with Crippen molar-refractivity contribution in [1.29, 1.82) is 0 Å². The van der Waals surface area contributed by atoms with E-state index in [4.69, 9.17) is 5.10 Å². The van der Waals surface area contributed by atoms with Crippen LogP contribution in [0, 0.1) is 5.92 Å². The first-order valence-corrected chi connectivity index (χ1v) is 12.2. The molecule has 2 aliphatic rings. The zero-order valence-corrected chi connectivity index (χ0v) is 20.0. The first-order valence-electron chi connectivity index (χ1n) is 12.2. The fourth-order valence-electron chi connectivity index (χ4n) is 5.34. The van der Waals surface area contributed by atoms with Crippen LogP contribution < -0.4 is 5.56 Å². The normalized spacial score (nSPS) is 20.5. The molecule has 1 aliphatic carbocycles. The number of aryl methyl sites for hydroxylation is 1. The molecule has 3 heterocycles. The van der Waals surface area contributed by atoms with Crippen molar-refractivity contribution in [3.8, 4) is 0 Å². The maximum absolute atomic E-state index is 13.7. The summed E-state index contributed by atoms with van der Waals surface area (Å²) in [6.45, 7) is -0.138. The summed E-state index contributed by atoms with van der Waals surface area (Å²) >= 11 is 0. The Hall–Kier alpha value is -4.33. The zero-order chi connectivity index (χ0) is 24.6. The Balaban J connectivity index is 1.38. The summed E-state index contributed by atoms with van der Waals surface area (Å²) in [5.74, 6) is -0.132. The highest BCUT2D eigenvalue weighted by Crippen LogP contribution is 2.44. The van der Waals surface area contributed by atoms with Gasteiger partial charge in [-0.05, 0) is 42.0 Å². The molecule has 1 saturated carbocycles. The molecule has 0 radical (unpaired) electrons. The first kappa shape index (κ1) is 22.2. The quantitative estimate of drug-likeness (QED) is 0.445. The number of hydrogen-bond acceptors (Lipinski definition) is 5. The Labute approximate surface area is 208 Å². The van der Waals surface area contributed by atoms with Crippen LogP contribution in [0.15, 0.2) is 88.7 Å². The van der Waals surface area contributed by atoms with Crippen LogP contribution in [-0.2, 0) is 18.4 Å². The molecule has 0 spiro atoms. The SMILES string of the molecule is Cn1ncc2c(=O)n(CC(=O)N3N=C4/C(=C/c5ccccc5)CCCC4C3c3ccccc3)cnc21. The van der Waals surface area contributed by atoms with Gasteiger partial charge >= 0.3 is 0 Å². The second kappa shape index (κ2) is 9.03. The van der Waals surface area contributed by atoms with Gasteiger partial charge in [-0.1, -0.05) is 60.7 Å². The van der Waals surface area contributed by atoms with Gasteiger partial charge in [0.2, 0.25) is 0 Å². The number of carbonyl (C=O) groups excluding carboxylic acids is 1. The Morgan fingerprint density at radius 2 is 1.83 bits per heavy atom. The Bertz CT molecular complexity index is 1550. The number of allylic oxidation sites excluding steroid dienone is 1. The van der Waals surface area contributed by atoms with Gasteiger partial charge in [-0.25, -0.2) is 9.99 Å². The summed E-state index contributed by atoms with van der Waals surface area (Å²) < 4.78 is 2.89. The molecule has 36 heavy (non-hydrogen) atoms. The third-order valence-electron chi connectivity index (χ3n) is 7.06. The van der Waals surface area contributed by atoms with Crippen LogP contribution in [0.1, 0.15) is 36.4 Å². The van der Waals surface area contributed by atoms with Crippen LogP contribution >= 0.6 is 0 Å². The first-order chi connectivity index (χ1) is 17.6. The molecule has 2 aromatic carbocycles. The highest BCUT2D eigenvalue weighted by Gasteiger charge is 2.43. The van der Waals surface area contributed by atoms with Crippen molar-refractivity contribution in [1.82, 2.24) is 24.3 Å². The second-order valence-corrected chi connectivity index (χ2v) is 9.34. The topological polar surface area (TPSA) is 85.4 Å². The lowest BCUT2D eigenvalue weighted by Crippen LogP contribution is -2.36. The van der Waals surface area contributed by atoms with E-state index < -0.39 is 0 Å². The van der Waals surface area contributed by atoms with E-state index in [9.17, 15) is 9.59 Å². The number of rotatable bonds is 4. The summed E-state index contributed by atoms with van der Waals surface area (Å²) in [6.07, 6.45) is 8.01. The molecule has 180 valence electrons. The van der Waals surface area contributed by atoms with Crippen molar-refractivity contribution in [2.75, 3.05) is 0 Å². The Kier molecular flexibility index (Phi) is 5.56. The van der Waals surface area contributed by atoms with Crippen molar-refractivity contribution in [2.45, 2.75) is 31.8 Å². The molecule has 1 fully saturated rings. The third-order valence-corrected chi connectivity index (χ3v) is 7.06. The van der Waals surface area contributed by atoms with Gasteiger partial charge in [0, 0.05) is 13.0 Å². The minimum Gasteiger partial charge on any atom is -0.289 e. The van der Waals surface area contributed by atoms with Gasteiger partial charge in [0.05, 0.1) is 18.0 Å². The molecule has 1 aliphatic heterocycles. The molecule has 4 aromatic rings. The van der Waals surface area contributed by atoms with Gasteiger partial charge in [0.15, 0.2) is 5.65 Å². The van der Waals surface area contributed by atoms with Crippen molar-refractivity contribution in [3.05, 3.63) is 100 Å². The second-order valence-electron chi connectivity index (χ2n) is 9.34. The number of fused-ring (bicyclic) bond motifs is 2. The van der Waals surface area contributed by atoms with Crippen molar-refractivity contribution in [2.24, 2.45) is 18.1 Å². The van der Waals surface area contributed by atoms with Crippen LogP contribution in [0.5, 0.6) is 0 Å². The summed E-state index contributed by atoms with van der Waals surface area (Å²) in [5, 5.41) is 11.0. The van der Waals surface area contributed by atoms with Crippen molar-refractivity contribution >= 4 is 28.7 Å². The number of hydrazone groups is 1. The molecule has 8 nitrogen and oxygen atoms in total. The van der Waals surface area contributed by atoms with Gasteiger partial charge in [-0.15, -0.1) is 0 Å². The van der Waals surface area contributed by atoms with E-state index in [-0.39, 0.29) is 30.0 Å². The smallest absolute Gasteiger partial charge is 0.264 e. The Morgan fingerprint density at radius 3 is 2.61 bits per heavy atom. The number of hydrogen-bond donors (Lipinski definition) is 0. The van der Waals surface area contributed by atoms with Crippen LogP contribution in [0.25, 0.3) is 17.1 Å². The maximum atomic E-state index is 13.7. The summed E-state index contributed by atoms with van der Waals surface area (Å²) in [4.78, 5) is 31.0. The highest BCUT2D eigenvalue weighted by molar-refractivity contribution is 6.08. The number of amides is 1. The van der Waals surface area contributed by atoms with Gasteiger partial charge in [0.25, 0.3) is 11.5 Å². The number of aromatic nitrogens is 4. The van der Waals surface area contributed by atoms with E-state index in [0.717, 1.165) is 36.1 Å². The average Bonchev–Trinajstić information content (AvgIpc) is 3.49. The summed E-state index contributed by atoms with van der Waals surface area (Å²) in [5.41, 5.74) is 4.52. The Morgan fingerprint density at radius 1 is 1.08 bits per heavy atom. The molecule has 0 bridgehead atoms. The van der Waals surface area contributed by atoms with Gasteiger partial charge in [-0.2, -0.15) is 10.2 Å². The molecule has 2 atom stereocenters. The van der Waals surface area contributed by atoms with E-state index in [1.165, 1.54) is 22.7 Å². The maximum Gasteiger partial charge on any atom is 0.264 e. The minimum atomic E-state index is -0.286. The molecule has 2 unspecified atom stereocenters. The molecule has 6 rings (SSSR count). The average molecular weight is 479 g/mol. The third kappa shape index (κ3) is 3.84. The van der Waals surface area contributed by atoms with Crippen LogP contribution in [-0.4, -0.2) is 36.0 Å². The fourth-order valence-corrected chi connectivity index (χ4v) is 5.34. The van der Waals surface area contributed by atoms with E-state index in [0.29, 0.717) is 11.0 Å². The van der Waals surface area contributed by atoms with Crippen LogP contribution in [0.3, 0.4) is 0 Å². The largest absolute Gasteiger partial charge is 0.289 e.